The van der Waals surface area contributed by atoms with E-state index in [1.807, 2.05) is 19.2 Å². The molecule has 23 heavy (non-hydrogen) atoms. The Morgan fingerprint density at radius 1 is 1.26 bits per heavy atom. The van der Waals surface area contributed by atoms with E-state index in [-0.39, 0.29) is 17.1 Å². The fraction of sp³-hybridized carbons (Fsp3) is 0.529. The van der Waals surface area contributed by atoms with Crippen LogP contribution in [0.3, 0.4) is 0 Å². The monoisotopic (exact) mass is 317 g/mol. The number of halogens is 1. The highest BCUT2D eigenvalue weighted by Gasteiger charge is 2.57. The zero-order valence-corrected chi connectivity index (χ0v) is 13.1. The molecule has 1 aromatic heterocycles. The second-order valence-electron chi connectivity index (χ2n) is 7.04. The van der Waals surface area contributed by atoms with Gasteiger partial charge < -0.3 is 4.42 Å². The standard InChI is InChI=1S/C17H20FN3O2/c1-20-17(10-11-5-7-13(17)8-6-11)23-19-21(20)15-9-12-3-2-4-14(18)16(12)22-15/h2-4,9,11,13,19H,5-8,10H2,1H3. The molecule has 1 unspecified atom stereocenters. The quantitative estimate of drug-likeness (QED) is 0.870. The van der Waals surface area contributed by atoms with Crippen molar-refractivity contribution < 1.29 is 13.6 Å². The molecule has 122 valence electrons. The first-order chi connectivity index (χ1) is 11.2. The minimum Gasteiger partial charge on any atom is -0.435 e. The van der Waals surface area contributed by atoms with Crippen LogP contribution in [0.25, 0.3) is 11.0 Å². The van der Waals surface area contributed by atoms with Crippen LogP contribution in [-0.4, -0.2) is 17.8 Å². The zero-order chi connectivity index (χ0) is 15.6. The minimum absolute atomic E-state index is 0.281. The van der Waals surface area contributed by atoms with E-state index in [1.54, 1.807) is 11.2 Å². The summed E-state index contributed by atoms with van der Waals surface area (Å²) in [4.78, 5) is 6.07. The topological polar surface area (TPSA) is 40.9 Å². The van der Waals surface area contributed by atoms with Gasteiger partial charge in [0, 0.05) is 24.4 Å². The Balaban J connectivity index is 1.51. The van der Waals surface area contributed by atoms with Crippen molar-refractivity contribution in [2.24, 2.45) is 11.8 Å². The van der Waals surface area contributed by atoms with Crippen LogP contribution in [0.2, 0.25) is 0 Å². The number of anilines is 1. The highest BCUT2D eigenvalue weighted by molar-refractivity contribution is 5.81. The molecule has 0 amide bonds. The molecule has 4 aliphatic rings. The maximum Gasteiger partial charge on any atom is 0.228 e. The van der Waals surface area contributed by atoms with E-state index < -0.39 is 0 Å². The summed E-state index contributed by atoms with van der Waals surface area (Å²) in [7, 11) is 2.02. The third kappa shape index (κ3) is 1.83. The van der Waals surface area contributed by atoms with Gasteiger partial charge >= 0.3 is 0 Å². The van der Waals surface area contributed by atoms with Gasteiger partial charge in [0.25, 0.3) is 0 Å². The summed E-state index contributed by atoms with van der Waals surface area (Å²) in [6.45, 7) is 0. The molecule has 6 heteroatoms. The van der Waals surface area contributed by atoms with Gasteiger partial charge in [-0.05, 0) is 44.1 Å². The summed E-state index contributed by atoms with van der Waals surface area (Å²) in [5, 5.41) is 4.61. The molecule has 2 aromatic rings. The Morgan fingerprint density at radius 2 is 2.09 bits per heavy atom. The first kappa shape index (κ1) is 13.8. The van der Waals surface area contributed by atoms with Crippen LogP contribution < -0.4 is 10.7 Å². The lowest BCUT2D eigenvalue weighted by Gasteiger charge is -2.50. The van der Waals surface area contributed by atoms with Crippen LogP contribution in [0, 0.1) is 17.7 Å². The number of rotatable bonds is 1. The SMILES string of the molecule is CN1N(c2cc3cccc(F)c3o2)NOC12CC1CCC2CC1. The van der Waals surface area contributed by atoms with Gasteiger partial charge in [0.05, 0.1) is 0 Å². The summed E-state index contributed by atoms with van der Waals surface area (Å²) in [6.07, 6.45) is 6.06. The summed E-state index contributed by atoms with van der Waals surface area (Å²) in [6, 6.07) is 6.79. The Kier molecular flexibility index (Phi) is 2.81. The van der Waals surface area contributed by atoms with E-state index in [9.17, 15) is 4.39 Å². The fourth-order valence-corrected chi connectivity index (χ4v) is 4.65. The Bertz CT molecular complexity index is 755. The van der Waals surface area contributed by atoms with Crippen LogP contribution in [0.1, 0.15) is 32.1 Å². The molecule has 1 spiro atoms. The van der Waals surface area contributed by atoms with Crippen molar-refractivity contribution in [2.75, 3.05) is 12.2 Å². The first-order valence-corrected chi connectivity index (χ1v) is 8.33. The second kappa shape index (κ2) is 4.69. The van der Waals surface area contributed by atoms with Crippen molar-refractivity contribution in [2.45, 2.75) is 37.8 Å². The van der Waals surface area contributed by atoms with Crippen LogP contribution in [0.4, 0.5) is 10.3 Å². The Hall–Kier alpha value is -1.63. The number of nitrogens with one attached hydrogen (secondary N) is 1. The number of hydrogen-bond acceptors (Lipinski definition) is 5. The molecule has 5 nitrogen and oxygen atoms in total. The van der Waals surface area contributed by atoms with Crippen molar-refractivity contribution in [1.82, 2.24) is 10.6 Å². The molecule has 4 fully saturated rings. The molecule has 2 bridgehead atoms. The lowest BCUT2D eigenvalue weighted by Crippen LogP contribution is -2.58. The van der Waals surface area contributed by atoms with E-state index in [0.717, 1.165) is 17.7 Å². The Labute approximate surface area is 133 Å². The molecule has 0 radical (unpaired) electrons. The van der Waals surface area contributed by atoms with E-state index in [4.69, 9.17) is 9.25 Å². The average Bonchev–Trinajstić information content (AvgIpc) is 3.13. The van der Waals surface area contributed by atoms with Gasteiger partial charge in [-0.2, -0.15) is 10.1 Å². The van der Waals surface area contributed by atoms with E-state index in [0.29, 0.717) is 11.8 Å². The van der Waals surface area contributed by atoms with E-state index in [2.05, 4.69) is 10.6 Å². The van der Waals surface area contributed by atoms with Gasteiger partial charge in [-0.15, -0.1) is 0 Å². The van der Waals surface area contributed by atoms with Crippen molar-refractivity contribution in [3.63, 3.8) is 0 Å². The first-order valence-electron chi connectivity index (χ1n) is 8.33. The van der Waals surface area contributed by atoms with Crippen molar-refractivity contribution in [3.8, 4) is 0 Å². The summed E-state index contributed by atoms with van der Waals surface area (Å²) in [5.74, 6) is 1.46. The number of nitrogens with zero attached hydrogens (tertiary/aromatic N) is 2. The molecule has 3 saturated carbocycles. The van der Waals surface area contributed by atoms with Gasteiger partial charge in [0.2, 0.25) is 5.88 Å². The summed E-state index contributed by atoms with van der Waals surface area (Å²) in [5.41, 5.74) is 2.97. The maximum atomic E-state index is 13.9. The predicted octanol–water partition coefficient (Wildman–Crippen LogP) is 3.58. The van der Waals surface area contributed by atoms with Gasteiger partial charge in [0.15, 0.2) is 17.1 Å². The number of hydrazine groups is 2. The minimum atomic E-state index is -0.344. The van der Waals surface area contributed by atoms with Crippen LogP contribution in [-0.2, 0) is 4.84 Å². The van der Waals surface area contributed by atoms with Gasteiger partial charge in [-0.3, -0.25) is 4.84 Å². The smallest absolute Gasteiger partial charge is 0.228 e. The lowest BCUT2D eigenvalue weighted by molar-refractivity contribution is -0.193. The van der Waals surface area contributed by atoms with Crippen molar-refractivity contribution in [1.29, 1.82) is 0 Å². The second-order valence-corrected chi connectivity index (χ2v) is 7.04. The van der Waals surface area contributed by atoms with Crippen molar-refractivity contribution >= 4 is 16.9 Å². The van der Waals surface area contributed by atoms with Gasteiger partial charge in [-0.25, -0.2) is 4.39 Å². The predicted molar refractivity (Wildman–Crippen MR) is 83.4 cm³/mol. The average molecular weight is 317 g/mol. The molecular weight excluding hydrogens is 297 g/mol. The molecule has 1 saturated heterocycles. The molecule has 1 atom stereocenters. The normalized spacial score (nSPS) is 34.1. The third-order valence-electron chi connectivity index (χ3n) is 5.91. The molecule has 2 heterocycles. The lowest BCUT2D eigenvalue weighted by atomic mass is 9.65. The number of furan rings is 1. The third-order valence-corrected chi connectivity index (χ3v) is 5.91. The van der Waals surface area contributed by atoms with E-state index >= 15 is 0 Å². The zero-order valence-electron chi connectivity index (χ0n) is 13.1. The molecule has 1 aromatic carbocycles. The number of hydrogen-bond donors (Lipinski definition) is 1. The molecule has 1 N–H and O–H groups in total. The Morgan fingerprint density at radius 3 is 2.78 bits per heavy atom. The van der Waals surface area contributed by atoms with Gasteiger partial charge in [0.1, 0.15) is 0 Å². The number of fused-ring (bicyclic) bond motifs is 3. The highest BCUT2D eigenvalue weighted by Crippen LogP contribution is 2.52. The van der Waals surface area contributed by atoms with Crippen LogP contribution in [0.15, 0.2) is 28.7 Å². The maximum absolute atomic E-state index is 13.9. The highest BCUT2D eigenvalue weighted by atomic mass is 19.1. The number of benzene rings is 1. The van der Waals surface area contributed by atoms with E-state index in [1.165, 1.54) is 31.7 Å². The molecular formula is C17H20FN3O2. The largest absolute Gasteiger partial charge is 0.435 e. The summed E-state index contributed by atoms with van der Waals surface area (Å²) >= 11 is 0. The van der Waals surface area contributed by atoms with Gasteiger partial charge in [-0.1, -0.05) is 17.7 Å². The van der Waals surface area contributed by atoms with Crippen LogP contribution in [0.5, 0.6) is 0 Å². The molecule has 3 aliphatic carbocycles. The molecule has 6 rings (SSSR count). The molecule has 1 aliphatic heterocycles. The number of para-hydroxylation sites is 1. The van der Waals surface area contributed by atoms with Crippen LogP contribution >= 0.6 is 0 Å². The van der Waals surface area contributed by atoms with Crippen molar-refractivity contribution in [3.05, 3.63) is 30.1 Å². The fourth-order valence-electron chi connectivity index (χ4n) is 4.65. The summed E-state index contributed by atoms with van der Waals surface area (Å²) < 4.78 is 19.6.